The maximum Gasteiger partial charge on any atom is 0.215 e. The standard InChI is InChI=1S/C15H9ClFN3O/c1-19-8-2-4-10-13(7-8)21-15(18)14(10)20-9-3-5-12(17)11(16)6-9/h2-7,20H,18H2. The van der Waals surface area contributed by atoms with Crippen molar-refractivity contribution in [3.63, 3.8) is 0 Å². The van der Waals surface area contributed by atoms with Gasteiger partial charge in [-0.2, -0.15) is 0 Å². The van der Waals surface area contributed by atoms with Gasteiger partial charge in [-0.3, -0.25) is 0 Å². The van der Waals surface area contributed by atoms with Crippen LogP contribution in [-0.2, 0) is 0 Å². The second-order valence-electron chi connectivity index (χ2n) is 4.39. The average Bonchev–Trinajstić information content (AvgIpc) is 2.78. The Bertz CT molecular complexity index is 882. The van der Waals surface area contributed by atoms with Gasteiger partial charge < -0.3 is 15.5 Å². The summed E-state index contributed by atoms with van der Waals surface area (Å²) in [5.41, 5.74) is 7.97. The average molecular weight is 302 g/mol. The van der Waals surface area contributed by atoms with Crippen LogP contribution in [0.3, 0.4) is 0 Å². The first-order chi connectivity index (χ1) is 10.1. The number of furan rings is 1. The lowest BCUT2D eigenvalue weighted by Gasteiger charge is -2.06. The van der Waals surface area contributed by atoms with Crippen molar-refractivity contribution in [1.29, 1.82) is 0 Å². The molecule has 0 bridgehead atoms. The molecule has 6 heteroatoms. The Morgan fingerprint density at radius 2 is 2.05 bits per heavy atom. The molecule has 2 aromatic carbocycles. The summed E-state index contributed by atoms with van der Waals surface area (Å²) in [5, 5.41) is 3.81. The Labute approximate surface area is 124 Å². The molecule has 3 N–H and O–H groups in total. The second-order valence-corrected chi connectivity index (χ2v) is 4.79. The Hall–Kier alpha value is -2.71. The summed E-state index contributed by atoms with van der Waals surface area (Å²) in [6.45, 7) is 6.99. The van der Waals surface area contributed by atoms with Crippen LogP contribution in [-0.4, -0.2) is 0 Å². The summed E-state index contributed by atoms with van der Waals surface area (Å²) in [7, 11) is 0. The minimum atomic E-state index is -0.492. The quantitative estimate of drug-likeness (QED) is 0.647. The van der Waals surface area contributed by atoms with E-state index >= 15 is 0 Å². The molecule has 21 heavy (non-hydrogen) atoms. The van der Waals surface area contributed by atoms with Gasteiger partial charge in [0.15, 0.2) is 5.69 Å². The first kappa shape index (κ1) is 13.3. The van der Waals surface area contributed by atoms with Crippen molar-refractivity contribution in [3.8, 4) is 0 Å². The smallest absolute Gasteiger partial charge is 0.215 e. The van der Waals surface area contributed by atoms with Crippen molar-refractivity contribution in [2.24, 2.45) is 0 Å². The van der Waals surface area contributed by atoms with Crippen molar-refractivity contribution in [1.82, 2.24) is 0 Å². The number of hydrogen-bond acceptors (Lipinski definition) is 3. The van der Waals surface area contributed by atoms with Crippen LogP contribution in [0.2, 0.25) is 5.02 Å². The van der Waals surface area contributed by atoms with E-state index in [4.69, 9.17) is 28.3 Å². The SMILES string of the molecule is [C-]#[N+]c1ccc2c(Nc3ccc(F)c(Cl)c3)c(N)oc2c1. The fourth-order valence-corrected chi connectivity index (χ4v) is 2.20. The summed E-state index contributed by atoms with van der Waals surface area (Å²) < 4.78 is 18.6. The van der Waals surface area contributed by atoms with E-state index in [0.29, 0.717) is 22.6 Å². The predicted molar refractivity (Wildman–Crippen MR) is 81.6 cm³/mol. The zero-order valence-corrected chi connectivity index (χ0v) is 11.4. The van der Waals surface area contributed by atoms with Crippen LogP contribution in [0.5, 0.6) is 0 Å². The molecule has 0 radical (unpaired) electrons. The van der Waals surface area contributed by atoms with Gasteiger partial charge in [0.1, 0.15) is 17.1 Å². The normalized spacial score (nSPS) is 10.5. The molecule has 0 saturated carbocycles. The largest absolute Gasteiger partial charge is 0.440 e. The van der Waals surface area contributed by atoms with Crippen LogP contribution in [0, 0.1) is 12.4 Å². The van der Waals surface area contributed by atoms with E-state index in [9.17, 15) is 4.39 Å². The highest BCUT2D eigenvalue weighted by Gasteiger charge is 2.13. The van der Waals surface area contributed by atoms with Crippen LogP contribution in [0.4, 0.5) is 27.3 Å². The fourth-order valence-electron chi connectivity index (χ4n) is 2.02. The van der Waals surface area contributed by atoms with Crippen LogP contribution >= 0.6 is 11.6 Å². The van der Waals surface area contributed by atoms with Crippen LogP contribution < -0.4 is 11.1 Å². The summed E-state index contributed by atoms with van der Waals surface area (Å²) in [4.78, 5) is 3.33. The molecule has 0 fully saturated rings. The molecule has 0 aliphatic rings. The van der Waals surface area contributed by atoms with Crippen LogP contribution in [0.1, 0.15) is 0 Å². The molecule has 0 atom stereocenters. The van der Waals surface area contributed by atoms with Gasteiger partial charge >= 0.3 is 0 Å². The maximum atomic E-state index is 13.2. The highest BCUT2D eigenvalue weighted by atomic mass is 35.5. The van der Waals surface area contributed by atoms with E-state index in [1.165, 1.54) is 12.1 Å². The van der Waals surface area contributed by atoms with Crippen molar-refractivity contribution in [3.05, 3.63) is 58.7 Å². The molecule has 1 heterocycles. The number of nitrogens with zero attached hydrogens (tertiary/aromatic N) is 1. The van der Waals surface area contributed by atoms with Crippen molar-refractivity contribution >= 4 is 45.5 Å². The van der Waals surface area contributed by atoms with E-state index in [-0.39, 0.29) is 10.9 Å². The maximum absolute atomic E-state index is 13.2. The zero-order valence-electron chi connectivity index (χ0n) is 10.7. The Morgan fingerprint density at radius 1 is 1.24 bits per heavy atom. The molecule has 0 spiro atoms. The van der Waals surface area contributed by atoms with Gasteiger partial charge in [-0.15, -0.1) is 0 Å². The topological polar surface area (TPSA) is 55.5 Å². The molecule has 104 valence electrons. The van der Waals surface area contributed by atoms with E-state index < -0.39 is 5.82 Å². The predicted octanol–water partition coefficient (Wildman–Crippen LogP) is 5.10. The fraction of sp³-hybridized carbons (Fsp3) is 0. The van der Waals surface area contributed by atoms with Gasteiger partial charge in [0, 0.05) is 11.1 Å². The summed E-state index contributed by atoms with van der Waals surface area (Å²) >= 11 is 5.75. The Balaban J connectivity index is 2.06. The number of halogens is 2. The number of rotatable bonds is 2. The number of hydrogen-bond donors (Lipinski definition) is 2. The number of anilines is 3. The molecule has 0 unspecified atom stereocenters. The summed E-state index contributed by atoms with van der Waals surface area (Å²) in [6.07, 6.45) is 0. The van der Waals surface area contributed by atoms with Gasteiger partial charge in [0.25, 0.3) is 0 Å². The van der Waals surface area contributed by atoms with Crippen molar-refractivity contribution < 1.29 is 8.81 Å². The lowest BCUT2D eigenvalue weighted by molar-refractivity contribution is 0.628. The minimum absolute atomic E-state index is 0.0154. The Morgan fingerprint density at radius 3 is 2.76 bits per heavy atom. The van der Waals surface area contributed by atoms with Crippen molar-refractivity contribution in [2.75, 3.05) is 11.1 Å². The molecular formula is C15H9ClFN3O. The highest BCUT2D eigenvalue weighted by molar-refractivity contribution is 6.31. The molecule has 0 saturated heterocycles. The number of nitrogens with two attached hydrogens (primary N) is 1. The molecular weight excluding hydrogens is 293 g/mol. The molecule has 0 aliphatic heterocycles. The van der Waals surface area contributed by atoms with Crippen LogP contribution in [0.15, 0.2) is 40.8 Å². The molecule has 1 aromatic heterocycles. The third-order valence-corrected chi connectivity index (χ3v) is 3.31. The number of fused-ring (bicyclic) bond motifs is 1. The summed E-state index contributed by atoms with van der Waals surface area (Å²) in [6, 6.07) is 9.31. The number of benzene rings is 2. The molecule has 3 rings (SSSR count). The Kier molecular flexibility index (Phi) is 3.16. The molecule has 3 aromatic rings. The second kappa shape index (κ2) is 5.00. The molecule has 0 aliphatic carbocycles. The summed E-state index contributed by atoms with van der Waals surface area (Å²) in [5.74, 6) is -0.304. The molecule has 0 amide bonds. The lowest BCUT2D eigenvalue weighted by Crippen LogP contribution is -1.94. The minimum Gasteiger partial charge on any atom is -0.440 e. The third kappa shape index (κ3) is 2.37. The number of nitrogen functional groups attached to an aromatic ring is 1. The van der Waals surface area contributed by atoms with Gasteiger partial charge in [0.05, 0.1) is 11.6 Å². The van der Waals surface area contributed by atoms with Crippen LogP contribution in [0.25, 0.3) is 15.8 Å². The van der Waals surface area contributed by atoms with Crippen molar-refractivity contribution in [2.45, 2.75) is 0 Å². The monoisotopic (exact) mass is 301 g/mol. The van der Waals surface area contributed by atoms with E-state index in [2.05, 4.69) is 10.2 Å². The zero-order chi connectivity index (χ0) is 15.0. The lowest BCUT2D eigenvalue weighted by atomic mass is 10.2. The third-order valence-electron chi connectivity index (χ3n) is 3.02. The first-order valence-electron chi connectivity index (χ1n) is 6.00. The van der Waals surface area contributed by atoms with Gasteiger partial charge in [-0.25, -0.2) is 9.24 Å². The van der Waals surface area contributed by atoms with Gasteiger partial charge in [-0.05, 0) is 24.3 Å². The van der Waals surface area contributed by atoms with Gasteiger partial charge in [0.2, 0.25) is 5.88 Å². The molecule has 4 nitrogen and oxygen atoms in total. The highest BCUT2D eigenvalue weighted by Crippen LogP contribution is 2.37. The van der Waals surface area contributed by atoms with E-state index in [1.807, 2.05) is 0 Å². The number of nitrogens with one attached hydrogen (secondary N) is 1. The van der Waals surface area contributed by atoms with E-state index in [1.54, 1.807) is 24.3 Å². The first-order valence-corrected chi connectivity index (χ1v) is 6.38. The van der Waals surface area contributed by atoms with Gasteiger partial charge in [-0.1, -0.05) is 23.7 Å². The van der Waals surface area contributed by atoms with E-state index in [0.717, 1.165) is 5.39 Å².